The molecule has 134 valence electrons. The fourth-order valence-corrected chi connectivity index (χ4v) is 3.55. The van der Waals surface area contributed by atoms with Gasteiger partial charge in [0.05, 0.1) is 5.03 Å². The largest absolute Gasteiger partial charge is 0.327 e. The lowest BCUT2D eigenvalue weighted by Gasteiger charge is -2.19. The molecule has 0 bridgehead atoms. The Morgan fingerprint density at radius 1 is 1.33 bits per heavy atom. The zero-order valence-electron chi connectivity index (χ0n) is 15.3. The smallest absolute Gasteiger partial charge is 0.221 e. The van der Waals surface area contributed by atoms with Crippen LogP contribution in [-0.4, -0.2) is 12.5 Å². The molecule has 0 aromatic heterocycles. The summed E-state index contributed by atoms with van der Waals surface area (Å²) in [5.41, 5.74) is 8.13. The number of amides is 1. The van der Waals surface area contributed by atoms with Crippen LogP contribution in [0.15, 0.2) is 39.9 Å². The summed E-state index contributed by atoms with van der Waals surface area (Å²) >= 11 is 5.07. The first kappa shape index (κ1) is 23.0. The molecule has 0 unspecified atom stereocenters. The first-order valence-corrected chi connectivity index (χ1v) is 10.1. The quantitative estimate of drug-likeness (QED) is 0.689. The number of hydrogen-bond acceptors (Lipinski definition) is 3. The number of fused-ring (bicyclic) bond motifs is 1. The van der Waals surface area contributed by atoms with Gasteiger partial charge < -0.3 is 11.1 Å². The molecule has 1 aromatic rings. The van der Waals surface area contributed by atoms with E-state index >= 15 is 0 Å². The fourth-order valence-electron chi connectivity index (χ4n) is 2.08. The third kappa shape index (κ3) is 7.69. The Morgan fingerprint density at radius 3 is 2.58 bits per heavy atom. The normalized spacial score (nSPS) is 12.6. The number of carbonyl (C=O) groups is 1. The van der Waals surface area contributed by atoms with Crippen molar-refractivity contribution in [3.8, 4) is 0 Å². The minimum atomic E-state index is -0.0805. The lowest BCUT2D eigenvalue weighted by atomic mass is 9.97. The van der Waals surface area contributed by atoms with Crippen LogP contribution in [0.3, 0.4) is 0 Å². The topological polar surface area (TPSA) is 55.1 Å². The molecule has 2 rings (SSSR count). The molecule has 1 aromatic carbocycles. The van der Waals surface area contributed by atoms with Crippen LogP contribution < -0.4 is 11.1 Å². The van der Waals surface area contributed by atoms with Gasteiger partial charge in [-0.15, -0.1) is 0 Å². The molecule has 1 aliphatic rings. The summed E-state index contributed by atoms with van der Waals surface area (Å²) in [6.45, 7) is 9.91. The average molecular weight is 413 g/mol. The summed E-state index contributed by atoms with van der Waals surface area (Å²) in [7, 11) is 0. The van der Waals surface area contributed by atoms with Crippen molar-refractivity contribution < 1.29 is 4.79 Å². The van der Waals surface area contributed by atoms with Gasteiger partial charge in [-0.3, -0.25) is 4.79 Å². The number of carbonyl (C=O) groups excluding carboxylic acids is 1. The van der Waals surface area contributed by atoms with E-state index in [1.54, 1.807) is 11.8 Å². The fraction of sp³-hybridized carbons (Fsp3) is 0.421. The van der Waals surface area contributed by atoms with Gasteiger partial charge in [-0.05, 0) is 42.2 Å². The van der Waals surface area contributed by atoms with E-state index in [9.17, 15) is 4.79 Å². The molecule has 0 atom stereocenters. The Hall–Kier alpha value is -1.04. The van der Waals surface area contributed by atoms with Crippen LogP contribution >= 0.6 is 27.7 Å². The first-order valence-electron chi connectivity index (χ1n) is 8.45. The predicted molar refractivity (Wildman–Crippen MR) is 112 cm³/mol. The van der Waals surface area contributed by atoms with Crippen molar-refractivity contribution in [3.05, 3.63) is 51.0 Å². The summed E-state index contributed by atoms with van der Waals surface area (Å²) in [6, 6.07) is 6.34. The van der Waals surface area contributed by atoms with Gasteiger partial charge in [0, 0.05) is 22.8 Å². The van der Waals surface area contributed by atoms with Crippen LogP contribution in [0, 0.1) is 0 Å². The molecule has 24 heavy (non-hydrogen) atoms. The number of nitrogens with two attached hydrogens (primary N) is 1. The van der Waals surface area contributed by atoms with Crippen LogP contribution in [0.2, 0.25) is 0 Å². The van der Waals surface area contributed by atoms with Crippen molar-refractivity contribution in [2.24, 2.45) is 5.73 Å². The van der Waals surface area contributed by atoms with E-state index in [2.05, 4.69) is 45.5 Å². The second-order valence-corrected chi connectivity index (χ2v) is 6.50. The van der Waals surface area contributed by atoms with E-state index in [-0.39, 0.29) is 5.91 Å². The van der Waals surface area contributed by atoms with E-state index in [0.717, 1.165) is 22.3 Å². The van der Waals surface area contributed by atoms with Gasteiger partial charge >= 0.3 is 0 Å². The monoisotopic (exact) mass is 412 g/mol. The second kappa shape index (κ2) is 13.3. The van der Waals surface area contributed by atoms with Gasteiger partial charge in [0.15, 0.2) is 0 Å². The van der Waals surface area contributed by atoms with E-state index in [4.69, 9.17) is 5.73 Å². The van der Waals surface area contributed by atoms with Crippen molar-refractivity contribution in [1.82, 2.24) is 5.32 Å². The maximum atomic E-state index is 11.2. The number of benzene rings is 1. The summed E-state index contributed by atoms with van der Waals surface area (Å²) in [5.74, 6) is -0.0805. The molecule has 3 nitrogen and oxygen atoms in total. The van der Waals surface area contributed by atoms with Crippen LogP contribution in [-0.2, 0) is 11.2 Å². The molecule has 0 heterocycles. The zero-order valence-corrected chi connectivity index (χ0v) is 17.7. The van der Waals surface area contributed by atoms with Gasteiger partial charge in [0.1, 0.15) is 0 Å². The van der Waals surface area contributed by atoms with E-state index in [1.807, 2.05) is 33.8 Å². The van der Waals surface area contributed by atoms with Gasteiger partial charge in [0.2, 0.25) is 5.91 Å². The molecule has 1 amide bonds. The highest BCUT2D eigenvalue weighted by Crippen LogP contribution is 2.38. The van der Waals surface area contributed by atoms with Crippen molar-refractivity contribution >= 4 is 38.5 Å². The maximum absolute atomic E-state index is 11.2. The molecule has 3 N–H and O–H groups in total. The Kier molecular flexibility index (Phi) is 12.7. The van der Waals surface area contributed by atoms with Gasteiger partial charge in [-0.25, -0.2) is 0 Å². The summed E-state index contributed by atoms with van der Waals surface area (Å²) in [6.07, 6.45) is 6.13. The van der Waals surface area contributed by atoms with Crippen molar-refractivity contribution in [1.29, 1.82) is 0 Å². The third-order valence-corrected chi connectivity index (χ3v) is 4.49. The van der Waals surface area contributed by atoms with Crippen LogP contribution in [0.5, 0.6) is 0 Å². The minimum absolute atomic E-state index is 0.0805. The highest BCUT2D eigenvalue weighted by Gasteiger charge is 2.15. The molecular weight excluding hydrogens is 384 g/mol. The van der Waals surface area contributed by atoms with Crippen LogP contribution in [0.1, 0.15) is 52.2 Å². The molecule has 1 aliphatic carbocycles. The van der Waals surface area contributed by atoms with E-state index < -0.39 is 0 Å². The van der Waals surface area contributed by atoms with Crippen molar-refractivity contribution in [3.63, 3.8) is 0 Å². The van der Waals surface area contributed by atoms with Crippen LogP contribution in [0.25, 0.3) is 4.91 Å². The number of thioether (sulfide) groups is 1. The third-order valence-electron chi connectivity index (χ3n) is 2.90. The van der Waals surface area contributed by atoms with Crippen molar-refractivity contribution in [2.45, 2.75) is 47.5 Å². The van der Waals surface area contributed by atoms with E-state index in [1.165, 1.54) is 23.0 Å². The molecule has 0 aliphatic heterocycles. The second-order valence-electron chi connectivity index (χ2n) is 4.50. The molecule has 0 fully saturated rings. The summed E-state index contributed by atoms with van der Waals surface area (Å²) < 4.78 is 1.06. The predicted octanol–water partition coefficient (Wildman–Crippen LogP) is 5.46. The Labute approximate surface area is 159 Å². The summed E-state index contributed by atoms with van der Waals surface area (Å²) in [5, 5.41) is 3.62. The van der Waals surface area contributed by atoms with Gasteiger partial charge in [-0.1, -0.05) is 67.5 Å². The Balaban J connectivity index is 0.00000123. The summed E-state index contributed by atoms with van der Waals surface area (Å²) in [4.78, 5) is 12.4. The molecule has 0 spiro atoms. The highest BCUT2D eigenvalue weighted by molar-refractivity contribution is 9.10. The maximum Gasteiger partial charge on any atom is 0.221 e. The lowest BCUT2D eigenvalue weighted by Crippen LogP contribution is -2.18. The first-order chi connectivity index (χ1) is 11.6. The Morgan fingerprint density at radius 2 is 2.00 bits per heavy atom. The number of nitrogens with one attached hydrogen (secondary N) is 1. The minimum Gasteiger partial charge on any atom is -0.327 e. The number of hydrogen-bond donors (Lipinski definition) is 2. The van der Waals surface area contributed by atoms with Crippen LogP contribution in [0.4, 0.5) is 0 Å². The number of rotatable bonds is 4. The van der Waals surface area contributed by atoms with Gasteiger partial charge in [0.25, 0.3) is 0 Å². The number of halogens is 1. The molecule has 0 radical (unpaired) electrons. The molecule has 0 saturated carbocycles. The van der Waals surface area contributed by atoms with Crippen molar-refractivity contribution in [2.75, 3.05) is 6.54 Å². The lowest BCUT2D eigenvalue weighted by molar-refractivity contribution is -0.118. The highest BCUT2D eigenvalue weighted by atomic mass is 79.9. The SMILES string of the molecule is CC.CC.CC(=O)N/C(=C\CN)SC1=CCCc2ccc(Br)cc21. The molecular formula is C19H29BrN2OS. The molecule has 5 heteroatoms. The average Bonchev–Trinajstić information content (AvgIpc) is 2.59. The molecule has 0 saturated heterocycles. The Bertz CT molecular complexity index is 583. The standard InChI is InChI=1S/C15H17BrN2OS.2C2H6/c1-10(19)18-15(7-8-17)20-14-4-2-3-11-5-6-12(16)9-13(11)14;2*1-2/h4-7,9H,2-3,8,17H2,1H3,(H,18,19);2*1-2H3/b15-7+;;. The van der Waals surface area contributed by atoms with Gasteiger partial charge in [-0.2, -0.15) is 0 Å². The van der Waals surface area contributed by atoms with E-state index in [0.29, 0.717) is 6.54 Å². The number of aryl methyl sites for hydroxylation is 1. The zero-order chi connectivity index (χ0) is 18.5. The number of allylic oxidation sites excluding steroid dienone is 1.